The third kappa shape index (κ3) is 0.581. The zero-order valence-electron chi connectivity index (χ0n) is 4.18. The maximum atomic E-state index is 10.4. The molecule has 0 radical (unpaired) electrons. The second-order valence-electron chi connectivity index (χ2n) is 1.85. The number of allylic oxidation sites excluding steroid dienone is 1. The Labute approximate surface area is 43.0 Å². The monoisotopic (exact) mass is 96.1 g/mol. The molecule has 0 heterocycles. The first-order valence-corrected chi connectivity index (χ1v) is 2.50. The van der Waals surface area contributed by atoms with Gasteiger partial charge < -0.3 is 0 Å². The Morgan fingerprint density at radius 3 is 2.57 bits per heavy atom. The van der Waals surface area contributed by atoms with Crippen molar-refractivity contribution in [3.63, 3.8) is 0 Å². The number of hydrogen-bond donors (Lipinski definition) is 0. The molecule has 0 amide bonds. The fourth-order valence-electron chi connectivity index (χ4n) is 0.678. The minimum absolute atomic E-state index is 0.208. The van der Waals surface area contributed by atoms with Gasteiger partial charge in [0, 0.05) is 12.3 Å². The van der Waals surface area contributed by atoms with Gasteiger partial charge >= 0.3 is 0 Å². The highest BCUT2D eigenvalue weighted by atomic mass is 16.1. The number of ketones is 1. The SMILES string of the molecule is C=CC1CCC1=O. The summed E-state index contributed by atoms with van der Waals surface area (Å²) in [6.07, 6.45) is 3.53. The van der Waals surface area contributed by atoms with E-state index in [0.717, 1.165) is 12.8 Å². The third-order valence-corrected chi connectivity index (χ3v) is 1.40. The maximum Gasteiger partial charge on any atom is 0.139 e. The predicted octanol–water partition coefficient (Wildman–Crippen LogP) is 1.15. The van der Waals surface area contributed by atoms with Gasteiger partial charge in [-0.15, -0.1) is 6.58 Å². The summed E-state index contributed by atoms with van der Waals surface area (Å²) >= 11 is 0. The van der Waals surface area contributed by atoms with Gasteiger partial charge in [0.15, 0.2) is 0 Å². The van der Waals surface area contributed by atoms with E-state index in [1.165, 1.54) is 0 Å². The molecule has 1 fully saturated rings. The van der Waals surface area contributed by atoms with Gasteiger partial charge in [-0.3, -0.25) is 4.79 Å². The van der Waals surface area contributed by atoms with Crippen molar-refractivity contribution < 1.29 is 4.79 Å². The zero-order valence-corrected chi connectivity index (χ0v) is 4.18. The van der Waals surface area contributed by atoms with Crippen LogP contribution in [0.5, 0.6) is 0 Å². The molecule has 0 aromatic rings. The second kappa shape index (κ2) is 1.49. The summed E-state index contributed by atoms with van der Waals surface area (Å²) in [4.78, 5) is 10.4. The fraction of sp³-hybridized carbons (Fsp3) is 0.500. The van der Waals surface area contributed by atoms with E-state index in [-0.39, 0.29) is 5.92 Å². The van der Waals surface area contributed by atoms with Crippen LogP contribution in [0.2, 0.25) is 0 Å². The molecule has 0 N–H and O–H groups in total. The average molecular weight is 96.1 g/mol. The van der Waals surface area contributed by atoms with E-state index in [1.807, 2.05) is 0 Å². The molecule has 1 rings (SSSR count). The molecule has 0 aliphatic heterocycles. The fourth-order valence-corrected chi connectivity index (χ4v) is 0.678. The molecular formula is C6H8O. The second-order valence-corrected chi connectivity index (χ2v) is 1.85. The zero-order chi connectivity index (χ0) is 5.28. The van der Waals surface area contributed by atoms with Crippen molar-refractivity contribution in [3.05, 3.63) is 12.7 Å². The predicted molar refractivity (Wildman–Crippen MR) is 27.9 cm³/mol. The first-order chi connectivity index (χ1) is 3.34. The van der Waals surface area contributed by atoms with Crippen molar-refractivity contribution in [1.82, 2.24) is 0 Å². The lowest BCUT2D eigenvalue weighted by atomic mass is 9.84. The molecule has 38 valence electrons. The summed E-state index contributed by atoms with van der Waals surface area (Å²) in [5, 5.41) is 0. The Morgan fingerprint density at radius 1 is 1.86 bits per heavy atom. The van der Waals surface area contributed by atoms with Gasteiger partial charge in [0.05, 0.1) is 0 Å². The van der Waals surface area contributed by atoms with Gasteiger partial charge in [-0.05, 0) is 6.42 Å². The normalized spacial score (nSPS) is 29.1. The number of hydrogen-bond acceptors (Lipinski definition) is 1. The van der Waals surface area contributed by atoms with Crippen LogP contribution in [0.15, 0.2) is 12.7 Å². The van der Waals surface area contributed by atoms with E-state index in [2.05, 4.69) is 6.58 Å². The summed E-state index contributed by atoms with van der Waals surface area (Å²) < 4.78 is 0. The molecule has 0 aromatic carbocycles. The quantitative estimate of drug-likeness (QED) is 0.447. The molecule has 1 nitrogen and oxygen atoms in total. The Hall–Kier alpha value is -0.590. The molecule has 7 heavy (non-hydrogen) atoms. The summed E-state index contributed by atoms with van der Waals surface area (Å²) in [5.41, 5.74) is 0. The average Bonchev–Trinajstić information content (AvgIpc) is 1.65. The summed E-state index contributed by atoms with van der Waals surface area (Å²) in [5.74, 6) is 0.565. The van der Waals surface area contributed by atoms with Gasteiger partial charge in [-0.25, -0.2) is 0 Å². The molecule has 1 heteroatoms. The van der Waals surface area contributed by atoms with Crippen LogP contribution < -0.4 is 0 Å². The van der Waals surface area contributed by atoms with Crippen LogP contribution in [0, 0.1) is 5.92 Å². The van der Waals surface area contributed by atoms with E-state index in [0.29, 0.717) is 5.78 Å². The molecule has 1 atom stereocenters. The van der Waals surface area contributed by atoms with Crippen molar-refractivity contribution in [2.45, 2.75) is 12.8 Å². The molecule has 1 aliphatic rings. The van der Waals surface area contributed by atoms with Crippen LogP contribution >= 0.6 is 0 Å². The van der Waals surface area contributed by atoms with Gasteiger partial charge in [0.2, 0.25) is 0 Å². The van der Waals surface area contributed by atoms with Crippen molar-refractivity contribution in [1.29, 1.82) is 0 Å². The molecule has 0 saturated heterocycles. The minimum Gasteiger partial charge on any atom is -0.299 e. The summed E-state index contributed by atoms with van der Waals surface area (Å²) in [6, 6.07) is 0. The van der Waals surface area contributed by atoms with Gasteiger partial charge in [0.1, 0.15) is 5.78 Å². The Morgan fingerprint density at radius 2 is 2.57 bits per heavy atom. The third-order valence-electron chi connectivity index (χ3n) is 1.40. The lowest BCUT2D eigenvalue weighted by Gasteiger charge is -2.18. The van der Waals surface area contributed by atoms with Crippen LogP contribution in [0.25, 0.3) is 0 Å². The van der Waals surface area contributed by atoms with Crippen molar-refractivity contribution in [2.24, 2.45) is 5.92 Å². The topological polar surface area (TPSA) is 17.1 Å². The molecule has 1 saturated carbocycles. The highest BCUT2D eigenvalue weighted by Gasteiger charge is 2.23. The van der Waals surface area contributed by atoms with Crippen LogP contribution in [0.1, 0.15) is 12.8 Å². The van der Waals surface area contributed by atoms with E-state index >= 15 is 0 Å². The van der Waals surface area contributed by atoms with E-state index in [1.54, 1.807) is 6.08 Å². The molecule has 1 unspecified atom stereocenters. The van der Waals surface area contributed by atoms with Crippen LogP contribution in [0.4, 0.5) is 0 Å². The highest BCUT2D eigenvalue weighted by molar-refractivity contribution is 5.87. The minimum atomic E-state index is 0.208. The highest BCUT2D eigenvalue weighted by Crippen LogP contribution is 2.22. The molecular weight excluding hydrogens is 88.1 g/mol. The van der Waals surface area contributed by atoms with Gasteiger partial charge in [-0.1, -0.05) is 6.08 Å². The van der Waals surface area contributed by atoms with Crippen molar-refractivity contribution >= 4 is 5.78 Å². The molecule has 1 aliphatic carbocycles. The van der Waals surface area contributed by atoms with Crippen LogP contribution in [-0.4, -0.2) is 5.78 Å². The van der Waals surface area contributed by atoms with Crippen molar-refractivity contribution in [2.75, 3.05) is 0 Å². The lowest BCUT2D eigenvalue weighted by Crippen LogP contribution is -2.22. The van der Waals surface area contributed by atoms with E-state index in [9.17, 15) is 4.79 Å². The summed E-state index contributed by atoms with van der Waals surface area (Å²) in [6.45, 7) is 3.51. The Balaban J connectivity index is 2.43. The summed E-state index contributed by atoms with van der Waals surface area (Å²) in [7, 11) is 0. The number of Topliss-reactive ketones (excluding diaryl/α,β-unsaturated/α-hetero) is 1. The smallest absolute Gasteiger partial charge is 0.139 e. The van der Waals surface area contributed by atoms with E-state index < -0.39 is 0 Å². The van der Waals surface area contributed by atoms with Crippen LogP contribution in [0.3, 0.4) is 0 Å². The lowest BCUT2D eigenvalue weighted by molar-refractivity contribution is -0.127. The number of carbonyl (C=O) groups is 1. The largest absolute Gasteiger partial charge is 0.299 e. The maximum absolute atomic E-state index is 10.4. The van der Waals surface area contributed by atoms with E-state index in [4.69, 9.17) is 0 Å². The Kier molecular flexibility index (Phi) is 0.970. The standard InChI is InChI=1S/C6H8O/c1-2-5-3-4-6(5)7/h2,5H,1,3-4H2. The number of rotatable bonds is 1. The first kappa shape index (κ1) is 4.57. The molecule has 0 spiro atoms. The number of carbonyl (C=O) groups excluding carboxylic acids is 1. The molecule has 0 bridgehead atoms. The van der Waals surface area contributed by atoms with Gasteiger partial charge in [0.25, 0.3) is 0 Å². The van der Waals surface area contributed by atoms with Crippen LogP contribution in [-0.2, 0) is 4.79 Å². The van der Waals surface area contributed by atoms with Gasteiger partial charge in [-0.2, -0.15) is 0 Å². The van der Waals surface area contributed by atoms with Crippen molar-refractivity contribution in [3.8, 4) is 0 Å². The Bertz CT molecular complexity index is 105. The molecule has 0 aromatic heterocycles. The first-order valence-electron chi connectivity index (χ1n) is 2.50.